The molecule has 0 bridgehead atoms. The van der Waals surface area contributed by atoms with E-state index in [-0.39, 0.29) is 17.9 Å². The average molecular weight is 317 g/mol. The van der Waals surface area contributed by atoms with E-state index in [1.807, 2.05) is 30.0 Å². The third-order valence-electron chi connectivity index (χ3n) is 4.39. The minimum atomic E-state index is -0.329. The predicted octanol–water partition coefficient (Wildman–Crippen LogP) is 1.01. The van der Waals surface area contributed by atoms with Crippen LogP contribution < -0.4 is 15.0 Å². The summed E-state index contributed by atoms with van der Waals surface area (Å²) in [4.78, 5) is 27.8. The standard InChI is InChI=1S/C17H23N3O3/c1-2-23-15-6-4-3-5-14(15)19-9-11-20(12-10-19)17(22)13-7-8-16(21)18-13/h3-6,13H,2,7-12H2,1H3,(H,18,21). The Kier molecular flexibility index (Phi) is 4.69. The van der Waals surface area contributed by atoms with Gasteiger partial charge in [-0.25, -0.2) is 0 Å². The Labute approximate surface area is 136 Å². The van der Waals surface area contributed by atoms with Crippen LogP contribution in [0.2, 0.25) is 0 Å². The van der Waals surface area contributed by atoms with E-state index in [2.05, 4.69) is 16.3 Å². The lowest BCUT2D eigenvalue weighted by molar-refractivity contribution is -0.134. The van der Waals surface area contributed by atoms with Gasteiger partial charge in [0.1, 0.15) is 11.8 Å². The summed E-state index contributed by atoms with van der Waals surface area (Å²) in [5.74, 6) is 0.916. The van der Waals surface area contributed by atoms with Crippen LogP contribution in [0.25, 0.3) is 0 Å². The van der Waals surface area contributed by atoms with Crippen LogP contribution in [0, 0.1) is 0 Å². The number of benzene rings is 1. The molecule has 6 heteroatoms. The number of carbonyl (C=O) groups is 2. The molecule has 1 aromatic rings. The summed E-state index contributed by atoms with van der Waals surface area (Å²) in [7, 11) is 0. The van der Waals surface area contributed by atoms with Gasteiger partial charge < -0.3 is 19.9 Å². The summed E-state index contributed by atoms with van der Waals surface area (Å²) in [6.07, 6.45) is 1.07. The number of anilines is 1. The third kappa shape index (κ3) is 3.41. The van der Waals surface area contributed by atoms with E-state index in [1.165, 1.54) is 0 Å². The van der Waals surface area contributed by atoms with Gasteiger partial charge in [-0.15, -0.1) is 0 Å². The smallest absolute Gasteiger partial charge is 0.245 e. The Balaban J connectivity index is 1.60. The lowest BCUT2D eigenvalue weighted by atomic mass is 10.1. The number of nitrogens with one attached hydrogen (secondary N) is 1. The van der Waals surface area contributed by atoms with Crippen LogP contribution in [0.15, 0.2) is 24.3 Å². The molecule has 124 valence electrons. The average Bonchev–Trinajstić information content (AvgIpc) is 3.02. The highest BCUT2D eigenvalue weighted by Gasteiger charge is 2.32. The molecule has 0 saturated carbocycles. The van der Waals surface area contributed by atoms with Gasteiger partial charge >= 0.3 is 0 Å². The molecular weight excluding hydrogens is 294 g/mol. The fourth-order valence-electron chi connectivity index (χ4n) is 3.18. The highest BCUT2D eigenvalue weighted by atomic mass is 16.5. The van der Waals surface area contributed by atoms with Crippen molar-refractivity contribution in [3.63, 3.8) is 0 Å². The molecule has 1 aromatic carbocycles. The second-order valence-electron chi connectivity index (χ2n) is 5.87. The van der Waals surface area contributed by atoms with E-state index in [1.54, 1.807) is 0 Å². The molecule has 0 aliphatic carbocycles. The van der Waals surface area contributed by atoms with Crippen molar-refractivity contribution in [1.82, 2.24) is 10.2 Å². The Bertz CT molecular complexity index is 582. The molecular formula is C17H23N3O3. The van der Waals surface area contributed by atoms with Crippen LogP contribution >= 0.6 is 0 Å². The van der Waals surface area contributed by atoms with Gasteiger partial charge in [0.05, 0.1) is 12.3 Å². The molecule has 2 heterocycles. The van der Waals surface area contributed by atoms with Gasteiger partial charge in [0.2, 0.25) is 11.8 Å². The number of amides is 2. The Morgan fingerprint density at radius 2 is 2.00 bits per heavy atom. The fourth-order valence-corrected chi connectivity index (χ4v) is 3.18. The first-order valence-corrected chi connectivity index (χ1v) is 8.24. The van der Waals surface area contributed by atoms with Gasteiger partial charge in [0.15, 0.2) is 0 Å². The Hall–Kier alpha value is -2.24. The maximum absolute atomic E-state index is 12.4. The number of para-hydroxylation sites is 2. The zero-order valence-electron chi connectivity index (χ0n) is 13.5. The Morgan fingerprint density at radius 3 is 2.65 bits per heavy atom. The molecule has 2 saturated heterocycles. The number of nitrogens with zero attached hydrogens (tertiary/aromatic N) is 2. The molecule has 23 heavy (non-hydrogen) atoms. The summed E-state index contributed by atoms with van der Waals surface area (Å²) >= 11 is 0. The monoisotopic (exact) mass is 317 g/mol. The van der Waals surface area contributed by atoms with Crippen molar-refractivity contribution in [1.29, 1.82) is 0 Å². The predicted molar refractivity (Wildman–Crippen MR) is 87.6 cm³/mol. The van der Waals surface area contributed by atoms with Crippen LogP contribution in [0.1, 0.15) is 19.8 Å². The van der Waals surface area contributed by atoms with Crippen molar-refractivity contribution in [3.8, 4) is 5.75 Å². The van der Waals surface area contributed by atoms with Crippen molar-refractivity contribution >= 4 is 17.5 Å². The van der Waals surface area contributed by atoms with Gasteiger partial charge in [-0.3, -0.25) is 9.59 Å². The number of rotatable bonds is 4. The summed E-state index contributed by atoms with van der Waals surface area (Å²) in [6, 6.07) is 7.68. The van der Waals surface area contributed by atoms with Gasteiger partial charge in [0, 0.05) is 32.6 Å². The molecule has 2 aliphatic rings. The fraction of sp³-hybridized carbons (Fsp3) is 0.529. The molecule has 0 spiro atoms. The zero-order chi connectivity index (χ0) is 16.2. The van der Waals surface area contributed by atoms with Gasteiger partial charge in [0.25, 0.3) is 0 Å². The second kappa shape index (κ2) is 6.89. The zero-order valence-corrected chi connectivity index (χ0v) is 13.5. The number of hydrogen-bond donors (Lipinski definition) is 1. The topological polar surface area (TPSA) is 61.9 Å². The van der Waals surface area contributed by atoms with Gasteiger partial charge in [-0.2, -0.15) is 0 Å². The minimum absolute atomic E-state index is 0.0207. The third-order valence-corrected chi connectivity index (χ3v) is 4.39. The van der Waals surface area contributed by atoms with Crippen LogP contribution in [-0.2, 0) is 9.59 Å². The highest BCUT2D eigenvalue weighted by Crippen LogP contribution is 2.29. The van der Waals surface area contributed by atoms with Crippen LogP contribution in [0.4, 0.5) is 5.69 Å². The molecule has 0 aromatic heterocycles. The summed E-state index contributed by atoms with van der Waals surface area (Å²) < 4.78 is 5.69. The molecule has 6 nitrogen and oxygen atoms in total. The first-order valence-electron chi connectivity index (χ1n) is 8.24. The highest BCUT2D eigenvalue weighted by molar-refractivity contribution is 5.91. The normalized spacial score (nSPS) is 21.3. The van der Waals surface area contributed by atoms with Crippen molar-refractivity contribution < 1.29 is 14.3 Å². The van der Waals surface area contributed by atoms with Gasteiger partial charge in [-0.05, 0) is 25.5 Å². The van der Waals surface area contributed by atoms with E-state index in [0.717, 1.165) is 24.5 Å². The molecule has 0 radical (unpaired) electrons. The van der Waals surface area contributed by atoms with Crippen LogP contribution in [0.3, 0.4) is 0 Å². The van der Waals surface area contributed by atoms with Gasteiger partial charge in [-0.1, -0.05) is 12.1 Å². The summed E-state index contributed by atoms with van der Waals surface area (Å²) in [5, 5.41) is 2.76. The summed E-state index contributed by atoms with van der Waals surface area (Å²) in [5.41, 5.74) is 1.08. The largest absolute Gasteiger partial charge is 0.492 e. The molecule has 2 aliphatic heterocycles. The van der Waals surface area contributed by atoms with E-state index in [0.29, 0.717) is 32.5 Å². The lowest BCUT2D eigenvalue weighted by Crippen LogP contribution is -2.53. The van der Waals surface area contributed by atoms with Crippen molar-refractivity contribution in [2.24, 2.45) is 0 Å². The summed E-state index contributed by atoms with van der Waals surface area (Å²) in [6.45, 7) is 5.50. The molecule has 3 rings (SSSR count). The quantitative estimate of drug-likeness (QED) is 0.900. The first kappa shape index (κ1) is 15.6. The van der Waals surface area contributed by atoms with E-state index in [9.17, 15) is 9.59 Å². The number of piperazine rings is 1. The van der Waals surface area contributed by atoms with Crippen molar-refractivity contribution in [2.45, 2.75) is 25.8 Å². The second-order valence-corrected chi connectivity index (χ2v) is 5.87. The molecule has 2 fully saturated rings. The molecule has 1 unspecified atom stereocenters. The van der Waals surface area contributed by atoms with E-state index < -0.39 is 0 Å². The van der Waals surface area contributed by atoms with E-state index >= 15 is 0 Å². The van der Waals surface area contributed by atoms with Crippen molar-refractivity contribution in [2.75, 3.05) is 37.7 Å². The Morgan fingerprint density at radius 1 is 1.26 bits per heavy atom. The maximum Gasteiger partial charge on any atom is 0.245 e. The number of ether oxygens (including phenoxy) is 1. The minimum Gasteiger partial charge on any atom is -0.492 e. The molecule has 2 amide bonds. The lowest BCUT2D eigenvalue weighted by Gasteiger charge is -2.37. The molecule has 1 atom stereocenters. The maximum atomic E-state index is 12.4. The SMILES string of the molecule is CCOc1ccccc1N1CCN(C(=O)C2CCC(=O)N2)CC1. The first-order chi connectivity index (χ1) is 11.2. The number of carbonyl (C=O) groups excluding carboxylic acids is 2. The van der Waals surface area contributed by atoms with Crippen LogP contribution in [0.5, 0.6) is 5.75 Å². The van der Waals surface area contributed by atoms with Crippen LogP contribution in [-0.4, -0.2) is 55.5 Å². The van der Waals surface area contributed by atoms with E-state index in [4.69, 9.17) is 4.74 Å². The molecule has 1 N–H and O–H groups in total. The number of hydrogen-bond acceptors (Lipinski definition) is 4. The van der Waals surface area contributed by atoms with Crippen molar-refractivity contribution in [3.05, 3.63) is 24.3 Å².